The molecule has 4 rings (SSSR count). The van der Waals surface area contributed by atoms with Crippen LogP contribution in [0.25, 0.3) is 10.2 Å². The zero-order valence-electron chi connectivity index (χ0n) is 11.4. The summed E-state index contributed by atoms with van der Waals surface area (Å²) in [6, 6.07) is 5.43. The second-order valence-electron chi connectivity index (χ2n) is 4.87. The zero-order chi connectivity index (χ0) is 15.1. The largest absolute Gasteiger partial charge is 0.477 e. The highest BCUT2D eigenvalue weighted by molar-refractivity contribution is 7.22. The Morgan fingerprint density at radius 3 is 3.27 bits per heavy atom. The van der Waals surface area contributed by atoms with Gasteiger partial charge in [0.2, 0.25) is 5.88 Å². The summed E-state index contributed by atoms with van der Waals surface area (Å²) in [5.41, 5.74) is 1.23. The van der Waals surface area contributed by atoms with Crippen molar-refractivity contribution in [1.29, 1.82) is 0 Å². The molecule has 1 amide bonds. The van der Waals surface area contributed by atoms with Crippen molar-refractivity contribution in [2.45, 2.75) is 13.0 Å². The van der Waals surface area contributed by atoms with Crippen LogP contribution >= 0.6 is 22.9 Å². The van der Waals surface area contributed by atoms with Crippen molar-refractivity contribution < 1.29 is 9.53 Å². The Morgan fingerprint density at radius 2 is 2.36 bits per heavy atom. The van der Waals surface area contributed by atoms with Crippen LogP contribution in [0.1, 0.15) is 16.8 Å². The minimum atomic E-state index is -0.270. The summed E-state index contributed by atoms with van der Waals surface area (Å²) in [6.45, 7) is 1.37. The van der Waals surface area contributed by atoms with E-state index in [0.717, 1.165) is 23.2 Å². The number of hydrogen-bond acceptors (Lipinski definition) is 5. The van der Waals surface area contributed by atoms with Crippen LogP contribution in [-0.2, 0) is 6.54 Å². The van der Waals surface area contributed by atoms with Crippen LogP contribution in [0.4, 0.5) is 5.13 Å². The molecule has 2 aromatic heterocycles. The molecule has 0 unspecified atom stereocenters. The van der Waals surface area contributed by atoms with E-state index in [2.05, 4.69) is 15.4 Å². The first-order valence-electron chi connectivity index (χ1n) is 6.77. The molecule has 0 aliphatic carbocycles. The Labute approximate surface area is 134 Å². The smallest absolute Gasteiger partial charge is 0.264 e. The maximum absolute atomic E-state index is 12.4. The Hall–Kier alpha value is -2.12. The van der Waals surface area contributed by atoms with E-state index < -0.39 is 0 Å². The third kappa shape index (κ3) is 2.32. The summed E-state index contributed by atoms with van der Waals surface area (Å²) in [5, 5.41) is 8.14. The number of carbonyl (C=O) groups excluding carboxylic acids is 1. The molecule has 0 spiro atoms. The van der Waals surface area contributed by atoms with Crippen LogP contribution in [0.3, 0.4) is 0 Å². The van der Waals surface area contributed by atoms with Crippen LogP contribution < -0.4 is 10.1 Å². The number of aryl methyl sites for hydroxylation is 1. The van der Waals surface area contributed by atoms with Crippen molar-refractivity contribution in [1.82, 2.24) is 14.8 Å². The molecular weight excluding hydrogens is 324 g/mol. The van der Waals surface area contributed by atoms with E-state index >= 15 is 0 Å². The number of benzene rings is 1. The van der Waals surface area contributed by atoms with Crippen molar-refractivity contribution in [3.8, 4) is 5.88 Å². The molecule has 1 aliphatic rings. The monoisotopic (exact) mass is 334 g/mol. The summed E-state index contributed by atoms with van der Waals surface area (Å²) in [7, 11) is 0. The molecule has 22 heavy (non-hydrogen) atoms. The van der Waals surface area contributed by atoms with Crippen LogP contribution in [0.2, 0.25) is 5.02 Å². The summed E-state index contributed by atoms with van der Waals surface area (Å²) in [6.07, 6.45) is 2.43. The number of carbonyl (C=O) groups is 1. The van der Waals surface area contributed by atoms with Gasteiger partial charge in [0, 0.05) is 18.0 Å². The number of nitrogens with one attached hydrogen (secondary N) is 1. The number of rotatable bonds is 2. The standard InChI is InChI=1S/C14H11ClN4O2S/c15-8-2-3-10-11(6-8)22-14(17-10)18-12(20)9-7-16-19-4-1-5-21-13(9)19/h2-3,6-7H,1,4-5H2,(H,17,18,20). The maximum atomic E-state index is 12.4. The van der Waals surface area contributed by atoms with E-state index in [-0.39, 0.29) is 5.91 Å². The van der Waals surface area contributed by atoms with Gasteiger partial charge in [-0.05, 0) is 18.2 Å². The molecule has 1 aromatic carbocycles. The van der Waals surface area contributed by atoms with Gasteiger partial charge in [0.05, 0.1) is 23.0 Å². The topological polar surface area (TPSA) is 69.0 Å². The van der Waals surface area contributed by atoms with Gasteiger partial charge in [-0.2, -0.15) is 5.10 Å². The number of nitrogens with zero attached hydrogens (tertiary/aromatic N) is 3. The first-order chi connectivity index (χ1) is 10.7. The zero-order valence-corrected chi connectivity index (χ0v) is 12.9. The third-order valence-corrected chi connectivity index (χ3v) is 4.53. The number of aromatic nitrogens is 3. The highest BCUT2D eigenvalue weighted by atomic mass is 35.5. The second-order valence-corrected chi connectivity index (χ2v) is 6.34. The predicted octanol–water partition coefficient (Wildman–Crippen LogP) is 3.18. The average Bonchev–Trinajstić information content (AvgIpc) is 3.09. The van der Waals surface area contributed by atoms with E-state index in [1.807, 2.05) is 12.1 Å². The SMILES string of the molecule is O=C(Nc1nc2ccc(Cl)cc2s1)c1cnn2c1OCCC2. The van der Waals surface area contributed by atoms with Crippen molar-refractivity contribution in [3.05, 3.63) is 35.0 Å². The molecule has 3 heterocycles. The Morgan fingerprint density at radius 1 is 1.45 bits per heavy atom. The predicted molar refractivity (Wildman–Crippen MR) is 84.9 cm³/mol. The normalized spacial score (nSPS) is 13.7. The third-order valence-electron chi connectivity index (χ3n) is 3.36. The minimum Gasteiger partial charge on any atom is -0.477 e. The molecule has 0 bridgehead atoms. The second kappa shape index (κ2) is 5.26. The summed E-state index contributed by atoms with van der Waals surface area (Å²) < 4.78 is 8.17. The van der Waals surface area contributed by atoms with Crippen molar-refractivity contribution in [3.63, 3.8) is 0 Å². The average molecular weight is 335 g/mol. The van der Waals surface area contributed by atoms with E-state index in [1.54, 1.807) is 10.7 Å². The van der Waals surface area contributed by atoms with Gasteiger partial charge in [0.15, 0.2) is 5.13 Å². The summed E-state index contributed by atoms with van der Waals surface area (Å²) in [5.74, 6) is 0.251. The molecule has 0 saturated heterocycles. The van der Waals surface area contributed by atoms with Crippen LogP contribution in [0, 0.1) is 0 Å². The molecular formula is C14H11ClN4O2S. The first-order valence-corrected chi connectivity index (χ1v) is 7.96. The van der Waals surface area contributed by atoms with Gasteiger partial charge in [0.25, 0.3) is 5.91 Å². The minimum absolute atomic E-state index is 0.270. The number of amides is 1. The van der Waals surface area contributed by atoms with E-state index in [0.29, 0.717) is 28.2 Å². The highest BCUT2D eigenvalue weighted by Gasteiger charge is 2.22. The molecule has 3 aromatic rings. The molecule has 0 radical (unpaired) electrons. The first kappa shape index (κ1) is 13.5. The lowest BCUT2D eigenvalue weighted by molar-refractivity contribution is 0.102. The van der Waals surface area contributed by atoms with E-state index in [9.17, 15) is 4.79 Å². The van der Waals surface area contributed by atoms with E-state index in [1.165, 1.54) is 17.5 Å². The molecule has 0 fully saturated rings. The molecule has 1 N–H and O–H groups in total. The molecule has 112 valence electrons. The van der Waals surface area contributed by atoms with Crippen LogP contribution in [0.15, 0.2) is 24.4 Å². The number of thiazole rings is 1. The highest BCUT2D eigenvalue weighted by Crippen LogP contribution is 2.29. The van der Waals surface area contributed by atoms with Gasteiger partial charge in [-0.3, -0.25) is 10.1 Å². The number of fused-ring (bicyclic) bond motifs is 2. The van der Waals surface area contributed by atoms with E-state index in [4.69, 9.17) is 16.3 Å². The van der Waals surface area contributed by atoms with Gasteiger partial charge >= 0.3 is 0 Å². The number of halogens is 1. The Balaban J connectivity index is 1.61. The summed E-state index contributed by atoms with van der Waals surface area (Å²) in [4.78, 5) is 16.8. The quantitative estimate of drug-likeness (QED) is 0.781. The molecule has 0 saturated carbocycles. The number of hydrogen-bond donors (Lipinski definition) is 1. The lowest BCUT2D eigenvalue weighted by Crippen LogP contribution is -2.18. The molecule has 0 atom stereocenters. The fourth-order valence-electron chi connectivity index (χ4n) is 2.34. The van der Waals surface area contributed by atoms with Gasteiger partial charge in [-0.15, -0.1) is 0 Å². The fourth-order valence-corrected chi connectivity index (χ4v) is 3.48. The van der Waals surface area contributed by atoms with Gasteiger partial charge < -0.3 is 4.74 Å². The van der Waals surface area contributed by atoms with Crippen LogP contribution in [-0.4, -0.2) is 27.3 Å². The van der Waals surface area contributed by atoms with Gasteiger partial charge in [-0.1, -0.05) is 22.9 Å². The van der Waals surface area contributed by atoms with Crippen molar-refractivity contribution in [2.75, 3.05) is 11.9 Å². The van der Waals surface area contributed by atoms with Gasteiger partial charge in [-0.25, -0.2) is 9.67 Å². The Bertz CT molecular complexity index is 873. The van der Waals surface area contributed by atoms with Gasteiger partial charge in [0.1, 0.15) is 5.56 Å². The molecule has 1 aliphatic heterocycles. The fraction of sp³-hybridized carbons (Fsp3) is 0.214. The van der Waals surface area contributed by atoms with Crippen molar-refractivity contribution >= 4 is 44.2 Å². The maximum Gasteiger partial charge on any atom is 0.264 e. The summed E-state index contributed by atoms with van der Waals surface area (Å²) >= 11 is 7.34. The van der Waals surface area contributed by atoms with Crippen LogP contribution in [0.5, 0.6) is 5.88 Å². The lowest BCUT2D eigenvalue weighted by atomic mass is 10.3. The number of anilines is 1. The molecule has 6 nitrogen and oxygen atoms in total. The van der Waals surface area contributed by atoms with Crippen molar-refractivity contribution in [2.24, 2.45) is 0 Å². The Kier molecular flexibility index (Phi) is 3.24. The number of ether oxygens (including phenoxy) is 1. The molecule has 8 heteroatoms. The lowest BCUT2D eigenvalue weighted by Gasteiger charge is -2.15.